The summed E-state index contributed by atoms with van der Waals surface area (Å²) in [5.41, 5.74) is 3.49. The van der Waals surface area contributed by atoms with Gasteiger partial charge in [-0.25, -0.2) is 9.82 Å². The quantitative estimate of drug-likeness (QED) is 0.554. The fourth-order valence-electron chi connectivity index (χ4n) is 3.05. The Morgan fingerprint density at radius 2 is 2.18 bits per heavy atom. The minimum absolute atomic E-state index is 0.0986. The zero-order chi connectivity index (χ0) is 19.7. The highest BCUT2D eigenvalue weighted by Gasteiger charge is 2.44. The van der Waals surface area contributed by atoms with Crippen LogP contribution in [0.25, 0.3) is 0 Å². The van der Waals surface area contributed by atoms with E-state index in [0.29, 0.717) is 11.7 Å². The van der Waals surface area contributed by atoms with Gasteiger partial charge in [0.05, 0.1) is 17.4 Å². The Hall–Kier alpha value is -2.28. The maximum absolute atomic E-state index is 13.2. The Kier molecular flexibility index (Phi) is 5.44. The largest absolute Gasteiger partial charge is 0.331 e. The van der Waals surface area contributed by atoms with Crippen molar-refractivity contribution >= 4 is 45.7 Å². The van der Waals surface area contributed by atoms with Crippen molar-refractivity contribution < 1.29 is 14.0 Å². The molecular formula is C16H18FN7O2S2. The number of aryl methyl sites for hydroxylation is 1. The van der Waals surface area contributed by atoms with Crippen molar-refractivity contribution in [2.24, 2.45) is 5.92 Å². The Balaban J connectivity index is 1.36. The van der Waals surface area contributed by atoms with Gasteiger partial charge in [-0.1, -0.05) is 11.3 Å². The van der Waals surface area contributed by atoms with E-state index in [2.05, 4.69) is 31.6 Å². The number of benzene rings is 1. The Morgan fingerprint density at radius 1 is 1.39 bits per heavy atom. The number of hydrazine groups is 1. The van der Waals surface area contributed by atoms with Gasteiger partial charge in [-0.05, 0) is 31.2 Å². The number of anilines is 2. The third kappa shape index (κ3) is 4.09. The highest BCUT2D eigenvalue weighted by Crippen LogP contribution is 2.27. The normalized spacial score (nSPS) is 24.0. The van der Waals surface area contributed by atoms with Crippen molar-refractivity contribution in [2.45, 2.75) is 18.6 Å². The van der Waals surface area contributed by atoms with E-state index in [0.717, 1.165) is 10.7 Å². The third-order valence-electron chi connectivity index (χ3n) is 4.33. The minimum atomic E-state index is -0.432. The lowest BCUT2D eigenvalue weighted by Gasteiger charge is -2.37. The van der Waals surface area contributed by atoms with Crippen LogP contribution < -0.4 is 26.4 Å². The van der Waals surface area contributed by atoms with Gasteiger partial charge in [0.1, 0.15) is 22.5 Å². The van der Waals surface area contributed by atoms with Crippen LogP contribution in [-0.2, 0) is 9.59 Å². The fraction of sp³-hybridized carbons (Fsp3) is 0.375. The second-order valence-electron chi connectivity index (χ2n) is 6.30. The van der Waals surface area contributed by atoms with E-state index < -0.39 is 5.50 Å². The van der Waals surface area contributed by atoms with Crippen LogP contribution in [0.3, 0.4) is 0 Å². The van der Waals surface area contributed by atoms with Crippen LogP contribution in [0.1, 0.15) is 5.01 Å². The van der Waals surface area contributed by atoms with Crippen LogP contribution in [0.15, 0.2) is 24.3 Å². The number of thioether (sulfide) groups is 1. The zero-order valence-electron chi connectivity index (χ0n) is 14.8. The van der Waals surface area contributed by atoms with Gasteiger partial charge in [0.15, 0.2) is 0 Å². The molecule has 12 heteroatoms. The van der Waals surface area contributed by atoms with Gasteiger partial charge in [0.2, 0.25) is 16.9 Å². The Morgan fingerprint density at radius 3 is 2.89 bits per heavy atom. The third-order valence-corrected chi connectivity index (χ3v) is 6.10. The van der Waals surface area contributed by atoms with Gasteiger partial charge in [-0.15, -0.1) is 22.0 Å². The summed E-state index contributed by atoms with van der Waals surface area (Å²) >= 11 is 2.57. The summed E-state index contributed by atoms with van der Waals surface area (Å²) < 4.78 is 13.2. The lowest BCUT2D eigenvalue weighted by molar-refractivity contribution is -0.127. The van der Waals surface area contributed by atoms with E-state index >= 15 is 0 Å². The summed E-state index contributed by atoms with van der Waals surface area (Å²) in [5.74, 6) is -0.797. The van der Waals surface area contributed by atoms with E-state index in [-0.39, 0.29) is 35.5 Å². The molecule has 2 amide bonds. The molecule has 2 fully saturated rings. The van der Waals surface area contributed by atoms with E-state index in [1.165, 1.54) is 35.2 Å². The van der Waals surface area contributed by atoms with Crippen molar-refractivity contribution in [3.63, 3.8) is 0 Å². The molecule has 1 aromatic carbocycles. The molecule has 1 aromatic heterocycles. The van der Waals surface area contributed by atoms with E-state index in [4.69, 9.17) is 0 Å². The standard InChI is InChI=1S/C16H18FN7O2S2/c1-8-22-23-16(28-8)19-12(25)7-27-15-20-13-11(14(26)21-15)6-18-24(13)10-4-2-9(17)3-5-10/h2-5,11,13,15,18,20H,6-7H2,1H3,(H,21,26)(H,19,23,25). The molecular weight excluding hydrogens is 405 g/mol. The number of amides is 2. The molecule has 148 valence electrons. The molecule has 28 heavy (non-hydrogen) atoms. The summed E-state index contributed by atoms with van der Waals surface area (Å²) in [6.07, 6.45) is -0.300. The van der Waals surface area contributed by atoms with Gasteiger partial charge >= 0.3 is 0 Å². The maximum Gasteiger partial charge on any atom is 0.236 e. The van der Waals surface area contributed by atoms with Crippen molar-refractivity contribution in [3.05, 3.63) is 35.1 Å². The topological polar surface area (TPSA) is 111 Å². The van der Waals surface area contributed by atoms with Crippen LogP contribution in [0, 0.1) is 18.7 Å². The molecule has 4 N–H and O–H groups in total. The van der Waals surface area contributed by atoms with Crippen molar-refractivity contribution in [1.29, 1.82) is 0 Å². The Bertz CT molecular complexity index is 878. The molecule has 3 unspecified atom stereocenters. The number of nitrogens with zero attached hydrogens (tertiary/aromatic N) is 3. The first kappa shape index (κ1) is 19.1. The Labute approximate surface area is 168 Å². The monoisotopic (exact) mass is 423 g/mol. The molecule has 2 aliphatic rings. The average molecular weight is 423 g/mol. The van der Waals surface area contributed by atoms with E-state index in [1.807, 2.05) is 11.9 Å². The minimum Gasteiger partial charge on any atom is -0.331 e. The summed E-state index contributed by atoms with van der Waals surface area (Å²) in [7, 11) is 0. The summed E-state index contributed by atoms with van der Waals surface area (Å²) in [6, 6.07) is 6.05. The number of aromatic nitrogens is 2. The number of carbonyl (C=O) groups is 2. The molecule has 0 spiro atoms. The van der Waals surface area contributed by atoms with Gasteiger partial charge in [-0.3, -0.25) is 25.2 Å². The number of carbonyl (C=O) groups excluding carboxylic acids is 2. The molecule has 0 saturated carbocycles. The maximum atomic E-state index is 13.2. The number of rotatable bonds is 5. The molecule has 4 rings (SSSR count). The lowest BCUT2D eigenvalue weighted by atomic mass is 10.1. The molecule has 0 aliphatic carbocycles. The van der Waals surface area contributed by atoms with Crippen LogP contribution >= 0.6 is 23.1 Å². The second kappa shape index (κ2) is 7.99. The highest BCUT2D eigenvalue weighted by molar-refractivity contribution is 8.00. The number of nitrogens with one attached hydrogen (secondary N) is 4. The van der Waals surface area contributed by atoms with Crippen LogP contribution in [-0.4, -0.2) is 46.0 Å². The molecule has 3 atom stereocenters. The molecule has 2 aliphatic heterocycles. The van der Waals surface area contributed by atoms with Gasteiger partial charge in [-0.2, -0.15) is 0 Å². The summed E-state index contributed by atoms with van der Waals surface area (Å²) in [4.78, 5) is 24.5. The first-order valence-electron chi connectivity index (χ1n) is 8.56. The molecule has 2 saturated heterocycles. The van der Waals surface area contributed by atoms with Crippen LogP contribution in [0.4, 0.5) is 15.2 Å². The highest BCUT2D eigenvalue weighted by atomic mass is 32.2. The smallest absolute Gasteiger partial charge is 0.236 e. The van der Waals surface area contributed by atoms with Gasteiger partial charge in [0.25, 0.3) is 0 Å². The van der Waals surface area contributed by atoms with E-state index in [1.54, 1.807) is 12.1 Å². The van der Waals surface area contributed by atoms with Crippen molar-refractivity contribution in [1.82, 2.24) is 26.3 Å². The van der Waals surface area contributed by atoms with Gasteiger partial charge in [0, 0.05) is 6.54 Å². The van der Waals surface area contributed by atoms with Crippen molar-refractivity contribution in [3.8, 4) is 0 Å². The fourth-order valence-corrected chi connectivity index (χ4v) is 4.48. The molecule has 9 nitrogen and oxygen atoms in total. The first-order valence-corrected chi connectivity index (χ1v) is 10.4. The van der Waals surface area contributed by atoms with Crippen molar-refractivity contribution in [2.75, 3.05) is 22.6 Å². The predicted octanol–water partition coefficient (Wildman–Crippen LogP) is 0.627. The summed E-state index contributed by atoms with van der Waals surface area (Å²) in [5, 5.41) is 19.6. The molecule has 0 radical (unpaired) electrons. The number of hydrogen-bond acceptors (Lipinski definition) is 9. The number of halogens is 1. The molecule has 0 bridgehead atoms. The predicted molar refractivity (Wildman–Crippen MR) is 105 cm³/mol. The van der Waals surface area contributed by atoms with E-state index in [9.17, 15) is 14.0 Å². The number of hydrogen-bond donors (Lipinski definition) is 4. The zero-order valence-corrected chi connectivity index (χ0v) is 16.4. The molecule has 3 heterocycles. The molecule has 2 aromatic rings. The first-order chi connectivity index (χ1) is 13.5. The van der Waals surface area contributed by atoms with Crippen LogP contribution in [0.2, 0.25) is 0 Å². The lowest BCUT2D eigenvalue weighted by Crippen LogP contribution is -2.63. The number of fused-ring (bicyclic) bond motifs is 1. The average Bonchev–Trinajstić information content (AvgIpc) is 3.27. The van der Waals surface area contributed by atoms with Crippen LogP contribution in [0.5, 0.6) is 0 Å². The SMILES string of the molecule is Cc1nnc(NC(=O)CSC2NC(=O)C3CNN(c4ccc(F)cc4)C3N2)s1. The van der Waals surface area contributed by atoms with Gasteiger partial charge < -0.3 is 5.32 Å². The second-order valence-corrected chi connectivity index (χ2v) is 8.58. The summed E-state index contributed by atoms with van der Waals surface area (Å²) in [6.45, 7) is 2.28.